The zero-order valence-electron chi connectivity index (χ0n) is 40.4. The number of fused-ring (bicyclic) bond motifs is 4. The third kappa shape index (κ3) is 9.43. The normalized spacial score (nSPS) is 12.1. The minimum Gasteiger partial charge on any atom is -0.501 e. The number of hydrogen-bond acceptors (Lipinski definition) is 4. The van der Waals surface area contributed by atoms with Crippen LogP contribution in [0.4, 0.5) is 0 Å². The number of imidazole rings is 1. The van der Waals surface area contributed by atoms with Gasteiger partial charge in [0, 0.05) is 37.4 Å². The Morgan fingerprint density at radius 2 is 1.27 bits per heavy atom. The van der Waals surface area contributed by atoms with Gasteiger partial charge in [0.2, 0.25) is 0 Å². The van der Waals surface area contributed by atoms with E-state index in [1.54, 1.807) is 0 Å². The number of hydrogen-bond donors (Lipinski definition) is 0. The number of pyridine rings is 1. The summed E-state index contributed by atoms with van der Waals surface area (Å²) in [6.07, 6.45) is 1.95. The zero-order valence-corrected chi connectivity index (χ0v) is 42.8. The maximum absolute atomic E-state index is 9.81. The summed E-state index contributed by atoms with van der Waals surface area (Å²) in [5, 5.41) is 11.8. The average molecular weight is 1050 g/mol. The maximum Gasteiger partial charge on any atom is 0.121 e. The molecule has 9 rings (SSSR count). The van der Waals surface area contributed by atoms with Crippen molar-refractivity contribution in [3.05, 3.63) is 174 Å². The second kappa shape index (κ2) is 18.6. The molecule has 9 aromatic rings. The SMILES string of the molecule is CC(C)(C)c1ccc(-c2[c-]cccc2)nc1.CC(C)c1cc(-c2ccc(C(C)(C)C)cc2)cc(C(C)C)c1-n1c(-c2[c-]ccc3c2oc2cc(C(C)(C)C#N)ccc23)nc2ccccc21.[Ir]. The molecule has 3 heterocycles. The molecule has 6 aromatic carbocycles. The van der Waals surface area contributed by atoms with E-state index in [0.29, 0.717) is 0 Å². The third-order valence-corrected chi connectivity index (χ3v) is 12.6. The van der Waals surface area contributed by atoms with Crippen molar-refractivity contribution >= 4 is 33.0 Å². The summed E-state index contributed by atoms with van der Waals surface area (Å²) in [5.74, 6) is 1.31. The first kappa shape index (κ1) is 47.8. The Labute approximate surface area is 405 Å². The van der Waals surface area contributed by atoms with Gasteiger partial charge < -0.3 is 14.0 Å². The van der Waals surface area contributed by atoms with Gasteiger partial charge in [-0.2, -0.15) is 5.26 Å². The van der Waals surface area contributed by atoms with Crippen molar-refractivity contribution in [3.63, 3.8) is 0 Å². The number of benzene rings is 6. The van der Waals surface area contributed by atoms with Crippen LogP contribution in [0.2, 0.25) is 0 Å². The molecule has 5 nitrogen and oxygen atoms in total. The number of rotatable bonds is 7. The summed E-state index contributed by atoms with van der Waals surface area (Å²) in [6.45, 7) is 26.3. The Hall–Kier alpha value is -6.12. The minimum atomic E-state index is -0.628. The van der Waals surface area contributed by atoms with E-state index in [4.69, 9.17) is 9.40 Å². The number of para-hydroxylation sites is 2. The Morgan fingerprint density at radius 1 is 0.636 bits per heavy atom. The van der Waals surface area contributed by atoms with Crippen molar-refractivity contribution in [2.24, 2.45) is 0 Å². The molecule has 0 aliphatic rings. The quantitative estimate of drug-likeness (QED) is 0.149. The molecular formula is C60H60IrN4O-2. The van der Waals surface area contributed by atoms with Gasteiger partial charge in [0.15, 0.2) is 0 Å². The van der Waals surface area contributed by atoms with E-state index < -0.39 is 5.41 Å². The largest absolute Gasteiger partial charge is 0.501 e. The standard InChI is InChI=1S/C45H44N3O.C15H16N.Ir/c1-27(2)36-23-30(29-17-19-31(20-18-29)44(5,6)7)24-37(28(3)4)41(36)48-39-16-11-10-15-38(39)47-43(48)35-14-12-13-34-33-22-21-32(45(8,9)26-46)25-40(33)49-42(34)35;1-15(2,3)13-9-10-14(16-11-13)12-7-5-4-6-8-12;/h10-13,15-25,27-28H,1-9H3;4-7,9-11H,1-3H3;/q2*-1;. The van der Waals surface area contributed by atoms with Crippen molar-refractivity contribution in [3.8, 4) is 45.5 Å². The fourth-order valence-corrected chi connectivity index (χ4v) is 8.48. The van der Waals surface area contributed by atoms with E-state index in [-0.39, 0.29) is 42.8 Å². The van der Waals surface area contributed by atoms with Gasteiger partial charge in [0.25, 0.3) is 0 Å². The molecule has 0 atom stereocenters. The summed E-state index contributed by atoms with van der Waals surface area (Å²) in [5.41, 5.74) is 15.6. The number of furan rings is 1. The second-order valence-electron chi connectivity index (χ2n) is 20.5. The summed E-state index contributed by atoms with van der Waals surface area (Å²) in [6, 6.07) is 53.6. The Balaban J connectivity index is 0.000000322. The smallest absolute Gasteiger partial charge is 0.121 e. The Morgan fingerprint density at radius 3 is 1.86 bits per heavy atom. The average Bonchev–Trinajstić information content (AvgIpc) is 3.87. The van der Waals surface area contributed by atoms with Crippen LogP contribution in [0, 0.1) is 23.5 Å². The molecule has 337 valence electrons. The van der Waals surface area contributed by atoms with E-state index in [1.165, 1.54) is 39.1 Å². The van der Waals surface area contributed by atoms with Gasteiger partial charge in [-0.25, -0.2) is 0 Å². The van der Waals surface area contributed by atoms with Gasteiger partial charge in [-0.15, -0.1) is 54.1 Å². The van der Waals surface area contributed by atoms with Gasteiger partial charge in [-0.3, -0.25) is 4.98 Å². The van der Waals surface area contributed by atoms with E-state index in [0.717, 1.165) is 61.2 Å². The van der Waals surface area contributed by atoms with E-state index in [2.05, 4.69) is 176 Å². The van der Waals surface area contributed by atoms with E-state index >= 15 is 0 Å². The number of nitriles is 1. The van der Waals surface area contributed by atoms with Crippen LogP contribution in [0.25, 0.3) is 72.4 Å². The molecular weight excluding hydrogens is 985 g/mol. The summed E-state index contributed by atoms with van der Waals surface area (Å²) >= 11 is 0. The van der Waals surface area contributed by atoms with Crippen molar-refractivity contribution in [1.29, 1.82) is 5.26 Å². The molecule has 1 radical (unpaired) electrons. The minimum absolute atomic E-state index is 0. The molecule has 0 aliphatic carbocycles. The first-order chi connectivity index (χ1) is 30.9. The van der Waals surface area contributed by atoms with Gasteiger partial charge in [-0.05, 0) is 111 Å². The molecule has 66 heavy (non-hydrogen) atoms. The summed E-state index contributed by atoms with van der Waals surface area (Å²) in [4.78, 5) is 9.78. The van der Waals surface area contributed by atoms with Crippen LogP contribution in [-0.4, -0.2) is 14.5 Å². The topological polar surface area (TPSA) is 67.6 Å². The molecule has 0 saturated heterocycles. The van der Waals surface area contributed by atoms with Crippen molar-refractivity contribution in [2.45, 2.75) is 111 Å². The molecule has 0 aliphatic heterocycles. The molecule has 0 unspecified atom stereocenters. The predicted molar refractivity (Wildman–Crippen MR) is 271 cm³/mol. The first-order valence-corrected chi connectivity index (χ1v) is 22.8. The number of aromatic nitrogens is 3. The third-order valence-electron chi connectivity index (χ3n) is 12.6. The molecule has 0 bridgehead atoms. The van der Waals surface area contributed by atoms with E-state index in [1.807, 2.05) is 68.6 Å². The molecule has 0 amide bonds. The molecule has 3 aromatic heterocycles. The van der Waals surface area contributed by atoms with Gasteiger partial charge >= 0.3 is 0 Å². The molecule has 0 saturated carbocycles. The summed E-state index contributed by atoms with van der Waals surface area (Å²) in [7, 11) is 0. The zero-order chi connectivity index (χ0) is 46.4. The van der Waals surface area contributed by atoms with Crippen molar-refractivity contribution in [1.82, 2.24) is 14.5 Å². The molecule has 6 heteroatoms. The van der Waals surface area contributed by atoms with Crippen molar-refractivity contribution < 1.29 is 24.5 Å². The van der Waals surface area contributed by atoms with Crippen LogP contribution in [-0.2, 0) is 36.4 Å². The Bertz CT molecular complexity index is 3160. The predicted octanol–water partition coefficient (Wildman–Crippen LogP) is 16.2. The van der Waals surface area contributed by atoms with Crippen LogP contribution >= 0.6 is 0 Å². The Kier molecular flexibility index (Phi) is 13.5. The van der Waals surface area contributed by atoms with Crippen molar-refractivity contribution in [2.75, 3.05) is 0 Å². The first-order valence-electron chi connectivity index (χ1n) is 22.8. The fraction of sp³-hybridized carbons (Fsp3) is 0.283. The van der Waals surface area contributed by atoms with Crippen LogP contribution in [0.5, 0.6) is 0 Å². The van der Waals surface area contributed by atoms with Gasteiger partial charge in [0.1, 0.15) is 5.58 Å². The monoisotopic (exact) mass is 1050 g/mol. The van der Waals surface area contributed by atoms with Crippen LogP contribution in [0.1, 0.15) is 123 Å². The molecule has 0 N–H and O–H groups in total. The van der Waals surface area contributed by atoms with Crippen LogP contribution in [0.3, 0.4) is 0 Å². The maximum atomic E-state index is 9.81. The van der Waals surface area contributed by atoms with E-state index in [9.17, 15) is 5.26 Å². The van der Waals surface area contributed by atoms with Crippen LogP contribution < -0.4 is 0 Å². The fourth-order valence-electron chi connectivity index (χ4n) is 8.48. The van der Waals surface area contributed by atoms with Gasteiger partial charge in [-0.1, -0.05) is 141 Å². The van der Waals surface area contributed by atoms with Crippen LogP contribution in [0.15, 0.2) is 138 Å². The molecule has 0 fully saturated rings. The second-order valence-corrected chi connectivity index (χ2v) is 20.5. The molecule has 0 spiro atoms. The number of nitrogens with zero attached hydrogens (tertiary/aromatic N) is 4. The summed E-state index contributed by atoms with van der Waals surface area (Å²) < 4.78 is 9.02. The van der Waals surface area contributed by atoms with Gasteiger partial charge in [0.05, 0.1) is 33.9 Å².